The maximum Gasteiger partial charge on any atom is 0.0959 e. The Hall–Kier alpha value is -0.0800. The van der Waals surface area contributed by atoms with Crippen molar-refractivity contribution in [2.45, 2.75) is 39.0 Å². The summed E-state index contributed by atoms with van der Waals surface area (Å²) in [5.41, 5.74) is 0. The monoisotopic (exact) mass is 129 g/mol. The summed E-state index contributed by atoms with van der Waals surface area (Å²) >= 11 is 0. The minimum Gasteiger partial charge on any atom is -0.371 e. The minimum atomic E-state index is 0.493. The SMILES string of the molecule is CC(C)NC(C)C1CO1. The lowest BCUT2D eigenvalue weighted by atomic mass is 10.2. The molecule has 1 heterocycles. The fraction of sp³-hybridized carbons (Fsp3) is 1.00. The van der Waals surface area contributed by atoms with Gasteiger partial charge in [-0.2, -0.15) is 0 Å². The zero-order chi connectivity index (χ0) is 6.85. The molecule has 2 atom stereocenters. The first kappa shape index (κ1) is 7.03. The Morgan fingerprint density at radius 3 is 2.33 bits per heavy atom. The highest BCUT2D eigenvalue weighted by molar-refractivity contribution is 4.81. The molecule has 0 spiro atoms. The van der Waals surface area contributed by atoms with Crippen LogP contribution >= 0.6 is 0 Å². The Labute approximate surface area is 56.6 Å². The molecular weight excluding hydrogens is 114 g/mol. The molecule has 1 fully saturated rings. The molecule has 0 saturated carbocycles. The van der Waals surface area contributed by atoms with Crippen LogP contribution in [0.3, 0.4) is 0 Å². The predicted octanol–water partition coefficient (Wildman–Crippen LogP) is 0.772. The normalized spacial score (nSPS) is 28.7. The van der Waals surface area contributed by atoms with Crippen LogP contribution in [0.1, 0.15) is 20.8 Å². The van der Waals surface area contributed by atoms with Gasteiger partial charge in [0.1, 0.15) is 0 Å². The lowest BCUT2D eigenvalue weighted by Gasteiger charge is -2.13. The van der Waals surface area contributed by atoms with Gasteiger partial charge in [-0.1, -0.05) is 13.8 Å². The standard InChI is InChI=1S/C7H15NO/c1-5(2)8-6(3)7-4-9-7/h5-8H,4H2,1-3H3. The zero-order valence-electron chi connectivity index (χ0n) is 6.35. The van der Waals surface area contributed by atoms with Gasteiger partial charge in [-0.25, -0.2) is 0 Å². The van der Waals surface area contributed by atoms with Crippen LogP contribution in [0, 0.1) is 0 Å². The van der Waals surface area contributed by atoms with Crippen molar-refractivity contribution in [3.05, 3.63) is 0 Å². The first-order valence-corrected chi connectivity index (χ1v) is 3.58. The van der Waals surface area contributed by atoms with Crippen LogP contribution in [0.25, 0.3) is 0 Å². The smallest absolute Gasteiger partial charge is 0.0959 e. The summed E-state index contributed by atoms with van der Waals surface area (Å²) in [5, 5.41) is 3.38. The number of hydrogen-bond acceptors (Lipinski definition) is 2. The quantitative estimate of drug-likeness (QED) is 0.569. The molecule has 1 aliphatic rings. The van der Waals surface area contributed by atoms with Crippen molar-refractivity contribution in [2.24, 2.45) is 0 Å². The average molecular weight is 129 g/mol. The second-order valence-electron chi connectivity index (χ2n) is 2.98. The van der Waals surface area contributed by atoms with Crippen LogP contribution in [0.2, 0.25) is 0 Å². The molecule has 0 amide bonds. The molecular formula is C7H15NO. The van der Waals surface area contributed by atoms with E-state index in [0.29, 0.717) is 18.2 Å². The molecule has 0 bridgehead atoms. The first-order valence-electron chi connectivity index (χ1n) is 3.58. The van der Waals surface area contributed by atoms with Gasteiger partial charge in [0.25, 0.3) is 0 Å². The van der Waals surface area contributed by atoms with E-state index in [0.717, 1.165) is 6.61 Å². The molecule has 1 N–H and O–H groups in total. The van der Waals surface area contributed by atoms with Gasteiger partial charge in [-0.05, 0) is 6.92 Å². The van der Waals surface area contributed by atoms with Gasteiger partial charge in [0.05, 0.1) is 12.7 Å². The molecule has 1 rings (SSSR count). The lowest BCUT2D eigenvalue weighted by molar-refractivity contribution is 0.340. The van der Waals surface area contributed by atoms with Gasteiger partial charge in [-0.15, -0.1) is 0 Å². The fourth-order valence-electron chi connectivity index (χ4n) is 0.977. The molecule has 9 heavy (non-hydrogen) atoms. The Bertz CT molecular complexity index is 88.9. The van der Waals surface area contributed by atoms with Crippen molar-refractivity contribution in [2.75, 3.05) is 6.61 Å². The molecule has 54 valence electrons. The van der Waals surface area contributed by atoms with Gasteiger partial charge < -0.3 is 10.1 Å². The molecule has 0 aromatic carbocycles. The maximum absolute atomic E-state index is 5.11. The highest BCUT2D eigenvalue weighted by Crippen LogP contribution is 2.13. The van der Waals surface area contributed by atoms with Crippen LogP contribution in [0.4, 0.5) is 0 Å². The number of nitrogens with one attached hydrogen (secondary N) is 1. The topological polar surface area (TPSA) is 24.6 Å². The van der Waals surface area contributed by atoms with E-state index in [1.54, 1.807) is 0 Å². The lowest BCUT2D eigenvalue weighted by Crippen LogP contribution is -2.36. The fourth-order valence-corrected chi connectivity index (χ4v) is 0.977. The van der Waals surface area contributed by atoms with Crippen molar-refractivity contribution in [1.82, 2.24) is 5.32 Å². The van der Waals surface area contributed by atoms with Crippen LogP contribution in [0.5, 0.6) is 0 Å². The number of hydrogen-bond donors (Lipinski definition) is 1. The number of epoxide rings is 1. The third-order valence-electron chi connectivity index (χ3n) is 1.51. The van der Waals surface area contributed by atoms with E-state index in [1.807, 2.05) is 0 Å². The molecule has 0 aromatic rings. The highest BCUT2D eigenvalue weighted by Gasteiger charge is 2.29. The molecule has 1 saturated heterocycles. The van der Waals surface area contributed by atoms with Crippen molar-refractivity contribution in [3.8, 4) is 0 Å². The molecule has 1 aliphatic heterocycles. The van der Waals surface area contributed by atoms with Crippen LogP contribution < -0.4 is 5.32 Å². The Morgan fingerprint density at radius 2 is 2.00 bits per heavy atom. The summed E-state index contributed by atoms with van der Waals surface area (Å²) in [6.07, 6.45) is 0.493. The second-order valence-corrected chi connectivity index (χ2v) is 2.98. The van der Waals surface area contributed by atoms with Crippen LogP contribution in [-0.2, 0) is 4.74 Å². The van der Waals surface area contributed by atoms with Gasteiger partial charge in [0, 0.05) is 12.1 Å². The molecule has 0 radical (unpaired) electrons. The van der Waals surface area contributed by atoms with E-state index < -0.39 is 0 Å². The van der Waals surface area contributed by atoms with E-state index in [-0.39, 0.29) is 0 Å². The largest absolute Gasteiger partial charge is 0.371 e. The van der Waals surface area contributed by atoms with E-state index in [1.165, 1.54) is 0 Å². The van der Waals surface area contributed by atoms with Crippen molar-refractivity contribution < 1.29 is 4.74 Å². The van der Waals surface area contributed by atoms with Crippen LogP contribution in [-0.4, -0.2) is 24.8 Å². The summed E-state index contributed by atoms with van der Waals surface area (Å²) in [7, 11) is 0. The summed E-state index contributed by atoms with van der Waals surface area (Å²) in [4.78, 5) is 0. The molecule has 2 heteroatoms. The van der Waals surface area contributed by atoms with E-state index >= 15 is 0 Å². The number of ether oxygens (including phenoxy) is 1. The number of rotatable bonds is 3. The third-order valence-corrected chi connectivity index (χ3v) is 1.51. The zero-order valence-corrected chi connectivity index (χ0v) is 6.35. The van der Waals surface area contributed by atoms with Crippen molar-refractivity contribution in [3.63, 3.8) is 0 Å². The molecule has 0 aromatic heterocycles. The Kier molecular flexibility index (Phi) is 2.09. The molecule has 2 unspecified atom stereocenters. The van der Waals surface area contributed by atoms with Crippen molar-refractivity contribution >= 4 is 0 Å². The highest BCUT2D eigenvalue weighted by atomic mass is 16.6. The van der Waals surface area contributed by atoms with Gasteiger partial charge in [0.15, 0.2) is 0 Å². The summed E-state index contributed by atoms with van der Waals surface area (Å²) in [6, 6.07) is 1.11. The van der Waals surface area contributed by atoms with Crippen LogP contribution in [0.15, 0.2) is 0 Å². The third kappa shape index (κ3) is 2.33. The maximum atomic E-state index is 5.11. The Balaban J connectivity index is 2.10. The summed E-state index contributed by atoms with van der Waals surface area (Å²) < 4.78 is 5.11. The average Bonchev–Trinajstić information content (AvgIpc) is 2.40. The van der Waals surface area contributed by atoms with Gasteiger partial charge in [-0.3, -0.25) is 0 Å². The summed E-state index contributed by atoms with van der Waals surface area (Å²) in [5.74, 6) is 0. The molecule has 0 aliphatic carbocycles. The predicted molar refractivity (Wildman–Crippen MR) is 37.5 cm³/mol. The minimum absolute atomic E-state index is 0.493. The van der Waals surface area contributed by atoms with E-state index in [4.69, 9.17) is 4.74 Å². The first-order chi connectivity index (χ1) is 4.20. The van der Waals surface area contributed by atoms with E-state index in [2.05, 4.69) is 26.1 Å². The Morgan fingerprint density at radius 1 is 1.44 bits per heavy atom. The molecule has 2 nitrogen and oxygen atoms in total. The second kappa shape index (κ2) is 2.67. The van der Waals surface area contributed by atoms with Gasteiger partial charge in [0.2, 0.25) is 0 Å². The summed E-state index contributed by atoms with van der Waals surface area (Å²) in [6.45, 7) is 7.41. The van der Waals surface area contributed by atoms with Gasteiger partial charge >= 0.3 is 0 Å². The van der Waals surface area contributed by atoms with Crippen molar-refractivity contribution in [1.29, 1.82) is 0 Å². The van der Waals surface area contributed by atoms with E-state index in [9.17, 15) is 0 Å².